The average molecular weight is 508 g/mol. The van der Waals surface area contributed by atoms with Crippen molar-refractivity contribution in [2.75, 3.05) is 10.6 Å². The van der Waals surface area contributed by atoms with Crippen LogP contribution in [0.2, 0.25) is 0 Å². The molecule has 0 unspecified atom stereocenters. The number of anilines is 3. The quantitative estimate of drug-likeness (QED) is 0.224. The Morgan fingerprint density at radius 1 is 0.684 bits per heavy atom. The molecule has 4 aromatic carbocycles. The van der Waals surface area contributed by atoms with Gasteiger partial charge in [0.05, 0.1) is 16.9 Å². The van der Waals surface area contributed by atoms with Crippen LogP contribution in [0.3, 0.4) is 0 Å². The highest BCUT2D eigenvalue weighted by Gasteiger charge is 2.26. The van der Waals surface area contributed by atoms with Crippen LogP contribution in [0.1, 0.15) is 45.7 Å². The van der Waals surface area contributed by atoms with Crippen molar-refractivity contribution >= 4 is 23.2 Å². The number of amides is 1. The monoisotopic (exact) mass is 507 g/mol. The van der Waals surface area contributed by atoms with Gasteiger partial charge in [-0.1, -0.05) is 78.9 Å². The first-order chi connectivity index (χ1) is 18.1. The molecule has 5 heteroatoms. The molecule has 4 rings (SSSR count). The van der Waals surface area contributed by atoms with E-state index in [0.29, 0.717) is 0 Å². The Labute approximate surface area is 226 Å². The van der Waals surface area contributed by atoms with Crippen molar-refractivity contribution in [3.8, 4) is 11.1 Å². The van der Waals surface area contributed by atoms with Gasteiger partial charge in [-0.15, -0.1) is 0 Å². The van der Waals surface area contributed by atoms with Gasteiger partial charge < -0.3 is 20.7 Å². The van der Waals surface area contributed by atoms with Crippen LogP contribution in [-0.4, -0.2) is 11.7 Å². The molecule has 0 aliphatic rings. The Morgan fingerprint density at radius 3 is 1.89 bits per heavy atom. The third-order valence-corrected chi connectivity index (χ3v) is 6.17. The Hall–Kier alpha value is -4.25. The van der Waals surface area contributed by atoms with Gasteiger partial charge in [-0.05, 0) is 81.1 Å². The number of carbonyl (C=O) groups excluding carboxylic acids is 1. The fraction of sp³-hybridized carbons (Fsp3) is 0.242. The first kappa shape index (κ1) is 26.8. The third kappa shape index (κ3) is 7.39. The zero-order valence-corrected chi connectivity index (χ0v) is 22.8. The van der Waals surface area contributed by atoms with Gasteiger partial charge in [0.2, 0.25) is 0 Å². The molecule has 0 aliphatic carbocycles. The maximum absolute atomic E-state index is 12.3. The molecule has 4 aromatic rings. The summed E-state index contributed by atoms with van der Waals surface area (Å²) in [5.74, 6) is 0. The van der Waals surface area contributed by atoms with Gasteiger partial charge in [-0.25, -0.2) is 4.79 Å². The van der Waals surface area contributed by atoms with Crippen LogP contribution in [0.25, 0.3) is 11.1 Å². The molecular weight excluding hydrogens is 470 g/mol. The topological polar surface area (TPSA) is 62.4 Å². The highest BCUT2D eigenvalue weighted by atomic mass is 16.6. The Morgan fingerprint density at radius 2 is 1.26 bits per heavy atom. The van der Waals surface area contributed by atoms with Crippen molar-refractivity contribution in [3.63, 3.8) is 0 Å². The SMILES string of the molecule is CC(C)(C)OC(=O)NC(C)(C)c1ccc(Nc2ccccc2NCc2ccc(-c3ccccc3)cc2)cc1. The highest BCUT2D eigenvalue weighted by Crippen LogP contribution is 2.28. The van der Waals surface area contributed by atoms with E-state index < -0.39 is 17.2 Å². The van der Waals surface area contributed by atoms with Gasteiger partial charge in [-0.2, -0.15) is 0 Å². The van der Waals surface area contributed by atoms with E-state index in [1.165, 1.54) is 16.7 Å². The van der Waals surface area contributed by atoms with Crippen molar-refractivity contribution in [1.82, 2.24) is 5.32 Å². The van der Waals surface area contributed by atoms with E-state index >= 15 is 0 Å². The summed E-state index contributed by atoms with van der Waals surface area (Å²) in [6.07, 6.45) is -0.431. The Bertz CT molecular complexity index is 1340. The second-order valence-corrected chi connectivity index (χ2v) is 10.9. The molecular formula is C33H37N3O2. The number of benzene rings is 4. The predicted octanol–water partition coefficient (Wildman–Crippen LogP) is 8.47. The van der Waals surface area contributed by atoms with Crippen LogP contribution in [0, 0.1) is 0 Å². The van der Waals surface area contributed by atoms with Crippen LogP contribution in [-0.2, 0) is 16.8 Å². The minimum Gasteiger partial charge on any atom is -0.444 e. The maximum Gasteiger partial charge on any atom is 0.408 e. The molecule has 0 radical (unpaired) electrons. The summed E-state index contributed by atoms with van der Waals surface area (Å²) in [7, 11) is 0. The smallest absolute Gasteiger partial charge is 0.408 e. The number of hydrogen-bond donors (Lipinski definition) is 3. The molecule has 0 saturated heterocycles. The molecule has 1 amide bonds. The lowest BCUT2D eigenvalue weighted by atomic mass is 9.94. The zero-order valence-electron chi connectivity index (χ0n) is 22.8. The summed E-state index contributed by atoms with van der Waals surface area (Å²) >= 11 is 0. The molecule has 0 saturated carbocycles. The molecule has 0 atom stereocenters. The Balaban J connectivity index is 1.38. The fourth-order valence-corrected chi connectivity index (χ4v) is 4.15. The number of nitrogens with one attached hydrogen (secondary N) is 3. The Kier molecular flexibility index (Phi) is 8.06. The van der Waals surface area contributed by atoms with Crippen LogP contribution in [0.4, 0.5) is 21.9 Å². The average Bonchev–Trinajstić information content (AvgIpc) is 2.88. The minimum atomic E-state index is -0.573. The fourth-order valence-electron chi connectivity index (χ4n) is 4.15. The van der Waals surface area contributed by atoms with Gasteiger partial charge in [0, 0.05) is 12.2 Å². The van der Waals surface area contributed by atoms with E-state index in [2.05, 4.69) is 76.6 Å². The van der Waals surface area contributed by atoms with Crippen molar-refractivity contribution in [3.05, 3.63) is 114 Å². The van der Waals surface area contributed by atoms with Crippen molar-refractivity contribution < 1.29 is 9.53 Å². The van der Waals surface area contributed by atoms with E-state index in [-0.39, 0.29) is 0 Å². The number of ether oxygens (including phenoxy) is 1. The molecule has 0 heterocycles. The minimum absolute atomic E-state index is 0.431. The van der Waals surface area contributed by atoms with Crippen molar-refractivity contribution in [2.45, 2.75) is 52.3 Å². The second-order valence-electron chi connectivity index (χ2n) is 10.9. The van der Waals surface area contributed by atoms with Gasteiger partial charge in [-0.3, -0.25) is 0 Å². The summed E-state index contributed by atoms with van der Waals surface area (Å²) < 4.78 is 5.42. The molecule has 5 nitrogen and oxygen atoms in total. The number of carbonyl (C=O) groups is 1. The summed E-state index contributed by atoms with van der Waals surface area (Å²) in [5, 5.41) is 10.0. The molecule has 0 aliphatic heterocycles. The van der Waals surface area contributed by atoms with Crippen LogP contribution < -0.4 is 16.0 Å². The molecule has 0 spiro atoms. The van der Waals surface area contributed by atoms with E-state index in [4.69, 9.17) is 4.74 Å². The number of hydrogen-bond acceptors (Lipinski definition) is 4. The van der Waals surface area contributed by atoms with E-state index in [1.807, 2.05) is 77.1 Å². The summed E-state index contributed by atoms with van der Waals surface area (Å²) in [6.45, 7) is 10.2. The molecule has 0 aromatic heterocycles. The maximum atomic E-state index is 12.3. The number of para-hydroxylation sites is 2. The molecule has 3 N–H and O–H groups in total. The van der Waals surface area contributed by atoms with E-state index in [1.54, 1.807) is 0 Å². The number of rotatable bonds is 8. The lowest BCUT2D eigenvalue weighted by Gasteiger charge is -2.29. The molecule has 38 heavy (non-hydrogen) atoms. The van der Waals surface area contributed by atoms with Gasteiger partial charge in [0.25, 0.3) is 0 Å². The van der Waals surface area contributed by atoms with E-state index in [0.717, 1.165) is 29.2 Å². The van der Waals surface area contributed by atoms with Gasteiger partial charge >= 0.3 is 6.09 Å². The molecule has 196 valence electrons. The molecule has 0 bridgehead atoms. The summed E-state index contributed by atoms with van der Waals surface area (Å²) in [5.41, 5.74) is 6.49. The van der Waals surface area contributed by atoms with Crippen molar-refractivity contribution in [1.29, 1.82) is 0 Å². The second kappa shape index (κ2) is 11.4. The van der Waals surface area contributed by atoms with Crippen molar-refractivity contribution in [2.24, 2.45) is 0 Å². The van der Waals surface area contributed by atoms with Crippen LogP contribution in [0.15, 0.2) is 103 Å². The standard InChI is InChI=1S/C33H37N3O2/c1-32(2,3)38-31(37)36-33(4,5)27-19-21-28(22-20-27)35-30-14-10-9-13-29(30)34-23-24-15-17-26(18-16-24)25-11-7-6-8-12-25/h6-22,34-35H,23H2,1-5H3,(H,36,37). The van der Waals surface area contributed by atoms with E-state index in [9.17, 15) is 4.79 Å². The lowest BCUT2D eigenvalue weighted by Crippen LogP contribution is -2.43. The summed E-state index contributed by atoms with van der Waals surface area (Å²) in [4.78, 5) is 12.3. The zero-order chi connectivity index (χ0) is 27.2. The molecule has 0 fully saturated rings. The first-order valence-corrected chi connectivity index (χ1v) is 13.0. The summed E-state index contributed by atoms with van der Waals surface area (Å²) in [6, 6.07) is 35.3. The van der Waals surface area contributed by atoms with Gasteiger partial charge in [0.15, 0.2) is 0 Å². The third-order valence-electron chi connectivity index (χ3n) is 6.17. The lowest BCUT2D eigenvalue weighted by molar-refractivity contribution is 0.0470. The number of alkyl carbamates (subject to hydrolysis) is 1. The largest absolute Gasteiger partial charge is 0.444 e. The normalized spacial score (nSPS) is 11.5. The van der Waals surface area contributed by atoms with Crippen LogP contribution in [0.5, 0.6) is 0 Å². The van der Waals surface area contributed by atoms with Crippen LogP contribution >= 0.6 is 0 Å². The van der Waals surface area contributed by atoms with Gasteiger partial charge in [0.1, 0.15) is 5.60 Å². The predicted molar refractivity (Wildman–Crippen MR) is 158 cm³/mol. The highest BCUT2D eigenvalue weighted by molar-refractivity contribution is 5.75. The first-order valence-electron chi connectivity index (χ1n) is 13.0.